The van der Waals surface area contributed by atoms with Crippen molar-refractivity contribution in [1.82, 2.24) is 5.32 Å². The van der Waals surface area contributed by atoms with Gasteiger partial charge in [0.15, 0.2) is 0 Å². The van der Waals surface area contributed by atoms with Crippen molar-refractivity contribution in [2.24, 2.45) is 11.8 Å². The van der Waals surface area contributed by atoms with Crippen LogP contribution in [0.15, 0.2) is 22.7 Å². The van der Waals surface area contributed by atoms with Crippen LogP contribution in [-0.4, -0.2) is 20.1 Å². The monoisotopic (exact) mass is 324 g/mol. The number of rotatable bonds is 4. The number of nitrogens with zero attached hydrogens (tertiary/aromatic N) is 1. The lowest BCUT2D eigenvalue weighted by Crippen LogP contribution is -2.36. The first-order chi connectivity index (χ1) is 9.11. The number of benzene rings is 1. The van der Waals surface area contributed by atoms with Crippen LogP contribution in [0, 0.1) is 11.8 Å². The molecule has 1 heterocycles. The Morgan fingerprint density at radius 3 is 2.58 bits per heavy atom. The van der Waals surface area contributed by atoms with Crippen LogP contribution in [0.25, 0.3) is 0 Å². The van der Waals surface area contributed by atoms with Gasteiger partial charge >= 0.3 is 0 Å². The van der Waals surface area contributed by atoms with E-state index < -0.39 is 0 Å². The summed E-state index contributed by atoms with van der Waals surface area (Å²) >= 11 is 3.57. The molecule has 3 heteroatoms. The Morgan fingerprint density at radius 1 is 1.32 bits per heavy atom. The molecule has 0 aliphatic carbocycles. The Kier molecular flexibility index (Phi) is 5.28. The van der Waals surface area contributed by atoms with Crippen molar-refractivity contribution in [3.05, 3.63) is 28.2 Å². The standard InChI is InChI=1S/C16H25BrN2/c1-12(2)13-6-8-19(9-7-13)16-5-4-15(17)10-14(16)11-18-3/h4-5,10,12-13,18H,6-9,11H2,1-3H3. The minimum absolute atomic E-state index is 0.823. The summed E-state index contributed by atoms with van der Waals surface area (Å²) in [6.45, 7) is 8.03. The van der Waals surface area contributed by atoms with Gasteiger partial charge in [0.05, 0.1) is 0 Å². The molecule has 1 N–H and O–H groups in total. The van der Waals surface area contributed by atoms with Crippen LogP contribution in [0.2, 0.25) is 0 Å². The molecule has 0 aromatic heterocycles. The maximum Gasteiger partial charge on any atom is 0.0412 e. The largest absolute Gasteiger partial charge is 0.371 e. The van der Waals surface area contributed by atoms with E-state index in [0.717, 1.165) is 18.4 Å². The van der Waals surface area contributed by atoms with Crippen molar-refractivity contribution < 1.29 is 0 Å². The summed E-state index contributed by atoms with van der Waals surface area (Å²) in [4.78, 5) is 2.55. The maximum absolute atomic E-state index is 3.57. The summed E-state index contributed by atoms with van der Waals surface area (Å²) in [6, 6.07) is 6.65. The predicted octanol–water partition coefficient (Wildman–Crippen LogP) is 4.04. The molecule has 1 fully saturated rings. The van der Waals surface area contributed by atoms with E-state index in [-0.39, 0.29) is 0 Å². The van der Waals surface area contributed by atoms with Gasteiger partial charge < -0.3 is 10.2 Å². The van der Waals surface area contributed by atoms with Gasteiger partial charge in [0, 0.05) is 29.8 Å². The van der Waals surface area contributed by atoms with E-state index in [1.807, 2.05) is 7.05 Å². The zero-order valence-corrected chi connectivity index (χ0v) is 13.8. The van der Waals surface area contributed by atoms with Crippen molar-refractivity contribution in [3.63, 3.8) is 0 Å². The molecule has 0 radical (unpaired) electrons. The van der Waals surface area contributed by atoms with Crippen molar-refractivity contribution >= 4 is 21.6 Å². The minimum Gasteiger partial charge on any atom is -0.371 e. The van der Waals surface area contributed by atoms with Crippen molar-refractivity contribution in [1.29, 1.82) is 0 Å². The van der Waals surface area contributed by atoms with Gasteiger partial charge in [-0.05, 0) is 55.5 Å². The lowest BCUT2D eigenvalue weighted by Gasteiger charge is -2.36. The van der Waals surface area contributed by atoms with Crippen LogP contribution in [-0.2, 0) is 6.54 Å². The van der Waals surface area contributed by atoms with E-state index >= 15 is 0 Å². The van der Waals surface area contributed by atoms with Gasteiger partial charge in [0.25, 0.3) is 0 Å². The van der Waals surface area contributed by atoms with Crippen LogP contribution < -0.4 is 10.2 Å². The fraction of sp³-hybridized carbons (Fsp3) is 0.625. The highest BCUT2D eigenvalue weighted by molar-refractivity contribution is 9.10. The highest BCUT2D eigenvalue weighted by Crippen LogP contribution is 2.31. The molecule has 0 unspecified atom stereocenters. The van der Waals surface area contributed by atoms with E-state index in [9.17, 15) is 0 Å². The van der Waals surface area contributed by atoms with E-state index in [2.05, 4.69) is 58.2 Å². The van der Waals surface area contributed by atoms with Crippen LogP contribution in [0.3, 0.4) is 0 Å². The summed E-state index contributed by atoms with van der Waals surface area (Å²) in [5.74, 6) is 1.73. The Labute approximate surface area is 125 Å². The van der Waals surface area contributed by atoms with E-state index in [1.165, 1.54) is 41.7 Å². The Hall–Kier alpha value is -0.540. The molecule has 0 spiro atoms. The van der Waals surface area contributed by atoms with Gasteiger partial charge in [-0.1, -0.05) is 29.8 Å². The number of hydrogen-bond acceptors (Lipinski definition) is 2. The van der Waals surface area contributed by atoms with Crippen molar-refractivity contribution in [2.45, 2.75) is 33.2 Å². The minimum atomic E-state index is 0.823. The summed E-state index contributed by atoms with van der Waals surface area (Å²) in [5, 5.41) is 3.27. The molecule has 106 valence electrons. The Bertz CT molecular complexity index is 409. The Balaban J connectivity index is 2.10. The molecule has 1 aliphatic rings. The molecule has 0 bridgehead atoms. The number of anilines is 1. The molecular weight excluding hydrogens is 300 g/mol. The summed E-state index contributed by atoms with van der Waals surface area (Å²) in [5.41, 5.74) is 2.79. The number of nitrogens with one attached hydrogen (secondary N) is 1. The van der Waals surface area contributed by atoms with Crippen LogP contribution >= 0.6 is 15.9 Å². The average molecular weight is 325 g/mol. The quantitative estimate of drug-likeness (QED) is 0.899. The van der Waals surface area contributed by atoms with E-state index in [0.29, 0.717) is 0 Å². The van der Waals surface area contributed by atoms with E-state index in [1.54, 1.807) is 0 Å². The maximum atomic E-state index is 3.57. The van der Waals surface area contributed by atoms with Crippen LogP contribution in [0.4, 0.5) is 5.69 Å². The fourth-order valence-electron chi connectivity index (χ4n) is 3.00. The molecule has 2 rings (SSSR count). The lowest BCUT2D eigenvalue weighted by atomic mass is 9.86. The summed E-state index contributed by atoms with van der Waals surface area (Å²) < 4.78 is 1.17. The third kappa shape index (κ3) is 3.73. The van der Waals surface area contributed by atoms with Crippen molar-refractivity contribution in [2.75, 3.05) is 25.0 Å². The highest BCUT2D eigenvalue weighted by Gasteiger charge is 2.22. The second kappa shape index (κ2) is 6.76. The van der Waals surface area contributed by atoms with Gasteiger partial charge in [0.2, 0.25) is 0 Å². The third-order valence-corrected chi connectivity index (χ3v) is 4.73. The molecule has 19 heavy (non-hydrogen) atoms. The third-order valence-electron chi connectivity index (χ3n) is 4.23. The molecule has 1 aliphatic heterocycles. The first-order valence-corrected chi connectivity index (χ1v) is 8.09. The SMILES string of the molecule is CNCc1cc(Br)ccc1N1CCC(C(C)C)CC1. The molecule has 1 saturated heterocycles. The van der Waals surface area contributed by atoms with Gasteiger partial charge in [-0.3, -0.25) is 0 Å². The summed E-state index contributed by atoms with van der Waals surface area (Å²) in [6.07, 6.45) is 2.65. The smallest absolute Gasteiger partial charge is 0.0412 e. The Morgan fingerprint density at radius 2 is 2.00 bits per heavy atom. The van der Waals surface area contributed by atoms with Crippen LogP contribution in [0.1, 0.15) is 32.3 Å². The van der Waals surface area contributed by atoms with Gasteiger partial charge in [-0.2, -0.15) is 0 Å². The average Bonchev–Trinajstić information content (AvgIpc) is 2.39. The molecule has 0 atom stereocenters. The lowest BCUT2D eigenvalue weighted by molar-refractivity contribution is 0.311. The van der Waals surface area contributed by atoms with Crippen LogP contribution in [0.5, 0.6) is 0 Å². The van der Waals surface area contributed by atoms with E-state index in [4.69, 9.17) is 0 Å². The zero-order chi connectivity index (χ0) is 13.8. The van der Waals surface area contributed by atoms with Gasteiger partial charge in [-0.15, -0.1) is 0 Å². The molecule has 1 aromatic rings. The molecule has 0 saturated carbocycles. The normalized spacial score (nSPS) is 17.2. The fourth-order valence-corrected chi connectivity index (χ4v) is 3.41. The predicted molar refractivity (Wildman–Crippen MR) is 86.7 cm³/mol. The highest BCUT2D eigenvalue weighted by atomic mass is 79.9. The zero-order valence-electron chi connectivity index (χ0n) is 12.2. The second-order valence-corrected chi connectivity index (χ2v) is 6.79. The molecule has 0 amide bonds. The molecule has 2 nitrogen and oxygen atoms in total. The topological polar surface area (TPSA) is 15.3 Å². The number of hydrogen-bond donors (Lipinski definition) is 1. The first-order valence-electron chi connectivity index (χ1n) is 7.29. The second-order valence-electron chi connectivity index (χ2n) is 5.87. The van der Waals surface area contributed by atoms with Crippen molar-refractivity contribution in [3.8, 4) is 0 Å². The molecule has 1 aromatic carbocycles. The first kappa shape index (κ1) is 14.9. The summed E-state index contributed by atoms with van der Waals surface area (Å²) in [7, 11) is 2.01. The van der Waals surface area contributed by atoms with Gasteiger partial charge in [0.1, 0.15) is 0 Å². The van der Waals surface area contributed by atoms with Gasteiger partial charge in [-0.25, -0.2) is 0 Å². The molecular formula is C16H25BrN2. The number of halogens is 1. The number of piperidine rings is 1.